The molecule has 1 fully saturated rings. The topological polar surface area (TPSA) is 356 Å². The van der Waals surface area contributed by atoms with Gasteiger partial charge in [0.05, 0.1) is 18.4 Å². The van der Waals surface area contributed by atoms with Crippen molar-refractivity contribution in [3.63, 3.8) is 0 Å². The third-order valence-corrected chi connectivity index (χ3v) is 12.4. The number of imidazole rings is 1. The Morgan fingerprint density at radius 3 is 2.07 bits per heavy atom. The number of nitrogens with one attached hydrogen (secondary N) is 9. The number of aliphatic imine (C=N–C) groups is 1. The molecule has 1 aliphatic rings. The first-order chi connectivity index (χ1) is 34.2. The van der Waals surface area contributed by atoms with Gasteiger partial charge in [0.25, 0.3) is 0 Å². The quantitative estimate of drug-likeness (QED) is 0.0142. The van der Waals surface area contributed by atoms with Crippen LogP contribution < -0.4 is 54.4 Å². The number of primary amides is 1. The first-order valence-electron chi connectivity index (χ1n) is 24.1. The lowest BCUT2D eigenvalue weighted by Gasteiger charge is -2.27. The highest BCUT2D eigenvalue weighted by Gasteiger charge is 2.33. The molecule has 5 rings (SSSR count). The average Bonchev–Trinajstić information content (AvgIpc) is 4.04. The van der Waals surface area contributed by atoms with Crippen molar-refractivity contribution < 1.29 is 38.4 Å². The normalized spacial score (nSPS) is 15.1. The minimum Gasteiger partial charge on any atom is -0.370 e. The Morgan fingerprint density at radius 2 is 1.39 bits per heavy atom. The van der Waals surface area contributed by atoms with Gasteiger partial charge in [-0.15, -0.1) is 0 Å². The van der Waals surface area contributed by atoms with Crippen LogP contribution >= 0.6 is 0 Å². The zero-order valence-electron chi connectivity index (χ0n) is 40.0. The second kappa shape index (κ2) is 28.1. The van der Waals surface area contributed by atoms with Gasteiger partial charge in [0.15, 0.2) is 5.96 Å². The summed E-state index contributed by atoms with van der Waals surface area (Å²) in [6, 6.07) is 10.0. The molecular weight excluding hydrogens is 913 g/mol. The molecule has 2 heterocycles. The van der Waals surface area contributed by atoms with Crippen molar-refractivity contribution in [1.82, 2.24) is 52.2 Å². The molecule has 71 heavy (non-hydrogen) atoms. The van der Waals surface area contributed by atoms with Crippen LogP contribution in [0.5, 0.6) is 0 Å². The first kappa shape index (κ1) is 54.3. The fourth-order valence-corrected chi connectivity index (χ4v) is 8.47. The van der Waals surface area contributed by atoms with Crippen LogP contribution in [0.3, 0.4) is 0 Å². The van der Waals surface area contributed by atoms with E-state index in [0.717, 1.165) is 35.7 Å². The summed E-state index contributed by atoms with van der Waals surface area (Å²) in [6.07, 6.45) is 9.73. The van der Waals surface area contributed by atoms with Crippen molar-refractivity contribution in [2.45, 2.75) is 120 Å². The van der Waals surface area contributed by atoms with Gasteiger partial charge < -0.3 is 69.2 Å². The van der Waals surface area contributed by atoms with Gasteiger partial charge in [-0.25, -0.2) is 4.98 Å². The van der Waals surface area contributed by atoms with E-state index in [4.69, 9.17) is 17.2 Å². The summed E-state index contributed by atoms with van der Waals surface area (Å²) in [5.74, 6) is -4.57. The molecule has 0 bridgehead atoms. The number of hydrogen-bond acceptors (Lipinski definition) is 11. The highest BCUT2D eigenvalue weighted by atomic mass is 16.2. The summed E-state index contributed by atoms with van der Waals surface area (Å²) in [4.78, 5) is 121. The van der Waals surface area contributed by atoms with E-state index in [1.54, 1.807) is 43.6 Å². The van der Waals surface area contributed by atoms with Crippen LogP contribution in [0.1, 0.15) is 81.0 Å². The van der Waals surface area contributed by atoms with Gasteiger partial charge in [-0.1, -0.05) is 67.8 Å². The van der Waals surface area contributed by atoms with Gasteiger partial charge >= 0.3 is 0 Å². The first-order valence-corrected chi connectivity index (χ1v) is 24.1. The standard InChI is InChI=1S/C49H68N14O8/c1-53-37(45(68)61-39(43(50)66)24-32-26-57-36-17-9-8-16-35(32)36)20-22-55-42(65)19-18-38(60-44(67)31-13-6-3-7-14-31)46(69)63-41(25-34-27-54-29-58-34)48(71)62-40(23-30-11-4-2-5-12-30)47(70)59-33(28-64)15-10-21-56-49(51)52/h2,4-5,8-9,11-12,16-17,26-29,31,33,37-41,53,57H,3,6-7,10,13-15,18-25H2,1H3,(H2,50,66)(H,54,58)(H,55,65)(H,59,70)(H,60,67)(H,61,68)(H,62,71)(H,63,69)(H4,51,52,56)/t33-,37?,38?,39-,40?,41-/m0/s1. The third-order valence-electron chi connectivity index (χ3n) is 12.4. The average molecular weight is 981 g/mol. The number of aromatic nitrogens is 3. The number of likely N-dealkylation sites (N-methyl/N-ethyl adjacent to an activating group) is 1. The molecule has 0 spiro atoms. The van der Waals surface area contributed by atoms with Crippen LogP contribution in [0, 0.1) is 5.92 Å². The maximum atomic E-state index is 14.3. The number of benzene rings is 2. The summed E-state index contributed by atoms with van der Waals surface area (Å²) in [6.45, 7) is 0.282. The van der Waals surface area contributed by atoms with Gasteiger partial charge in [-0.05, 0) is 62.8 Å². The molecule has 22 nitrogen and oxygen atoms in total. The number of fused-ring (bicyclic) bond motifs is 1. The predicted octanol–water partition coefficient (Wildman–Crippen LogP) is -0.465. The molecule has 3 unspecified atom stereocenters. The number of para-hydroxylation sites is 1. The second-order valence-electron chi connectivity index (χ2n) is 17.7. The van der Waals surface area contributed by atoms with E-state index in [-0.39, 0.29) is 75.8 Å². The summed E-state index contributed by atoms with van der Waals surface area (Å²) in [7, 11) is 1.57. The number of nitrogens with zero attached hydrogens (tertiary/aromatic N) is 2. The molecular formula is C49H68N14O8. The van der Waals surface area contributed by atoms with Gasteiger partial charge in [0, 0.05) is 73.7 Å². The number of guanidine groups is 1. The van der Waals surface area contributed by atoms with Crippen molar-refractivity contribution in [1.29, 1.82) is 0 Å². The maximum Gasteiger partial charge on any atom is 0.243 e. The molecule has 0 saturated heterocycles. The van der Waals surface area contributed by atoms with Crippen LogP contribution in [0.25, 0.3) is 10.9 Å². The maximum absolute atomic E-state index is 14.3. The highest BCUT2D eigenvalue weighted by molar-refractivity contribution is 5.95. The summed E-state index contributed by atoms with van der Waals surface area (Å²) >= 11 is 0. The Bertz CT molecular complexity index is 2420. The Kier molecular flexibility index (Phi) is 21.5. The molecule has 1 aliphatic carbocycles. The number of rotatable bonds is 29. The van der Waals surface area contributed by atoms with E-state index in [1.165, 1.54) is 12.5 Å². The lowest BCUT2D eigenvalue weighted by molar-refractivity contribution is -0.135. The van der Waals surface area contributed by atoms with E-state index < -0.39 is 71.7 Å². The van der Waals surface area contributed by atoms with E-state index in [9.17, 15) is 38.4 Å². The number of hydrogen-bond donors (Lipinski definition) is 12. The van der Waals surface area contributed by atoms with Crippen LogP contribution in [-0.4, -0.2) is 125 Å². The molecule has 382 valence electrons. The number of carbonyl (C=O) groups excluding carboxylic acids is 8. The van der Waals surface area contributed by atoms with Crippen molar-refractivity contribution in [3.8, 4) is 0 Å². The molecule has 6 atom stereocenters. The number of H-pyrrole nitrogens is 2. The number of aromatic amines is 2. The lowest BCUT2D eigenvalue weighted by Crippen LogP contribution is -2.58. The second-order valence-corrected chi connectivity index (χ2v) is 17.7. The fourth-order valence-electron chi connectivity index (χ4n) is 8.47. The molecule has 15 N–H and O–H groups in total. The minimum absolute atomic E-state index is 0.0390. The zero-order chi connectivity index (χ0) is 51.1. The molecule has 0 radical (unpaired) electrons. The minimum atomic E-state index is -1.31. The lowest BCUT2D eigenvalue weighted by atomic mass is 9.88. The molecule has 2 aromatic carbocycles. The Balaban J connectivity index is 1.24. The van der Waals surface area contributed by atoms with E-state index in [2.05, 4.69) is 57.2 Å². The van der Waals surface area contributed by atoms with Crippen LogP contribution in [0.15, 0.2) is 78.3 Å². The summed E-state index contributed by atoms with van der Waals surface area (Å²) in [5, 5.41) is 20.4. The van der Waals surface area contributed by atoms with E-state index in [1.807, 2.05) is 24.3 Å². The Morgan fingerprint density at radius 1 is 0.732 bits per heavy atom. The van der Waals surface area contributed by atoms with Crippen molar-refractivity contribution in [2.75, 3.05) is 20.1 Å². The predicted molar refractivity (Wildman–Crippen MR) is 266 cm³/mol. The highest BCUT2D eigenvalue weighted by Crippen LogP contribution is 2.24. The molecule has 0 aliphatic heterocycles. The summed E-state index contributed by atoms with van der Waals surface area (Å²) in [5.41, 5.74) is 19.4. The fraction of sp³-hybridized carbons (Fsp3) is 0.469. The Hall–Kier alpha value is -7.62. The monoisotopic (exact) mass is 981 g/mol. The molecule has 7 amide bonds. The van der Waals surface area contributed by atoms with Crippen LogP contribution in [0.2, 0.25) is 0 Å². The van der Waals surface area contributed by atoms with Crippen LogP contribution in [-0.2, 0) is 57.6 Å². The number of carbonyl (C=O) groups is 8. The molecule has 2 aromatic heterocycles. The summed E-state index contributed by atoms with van der Waals surface area (Å²) < 4.78 is 0. The number of amides is 7. The van der Waals surface area contributed by atoms with Gasteiger partial charge in [-0.2, -0.15) is 0 Å². The SMILES string of the molecule is CNC(CCNC(=O)CCC(NC(=O)C1CCCCC1)C(=O)N[C@@H](Cc1cnc[nH]1)C(=O)NC(Cc1ccccc1)C(=O)N[C@H](C=O)CCCN=C(N)N)C(=O)N[C@@H](Cc1c[nH]c2ccccc12)C(N)=O. The van der Waals surface area contributed by atoms with Gasteiger partial charge in [0.1, 0.15) is 30.5 Å². The van der Waals surface area contributed by atoms with Crippen molar-refractivity contribution in [3.05, 3.63) is 90.1 Å². The smallest absolute Gasteiger partial charge is 0.243 e. The molecule has 1 saturated carbocycles. The van der Waals surface area contributed by atoms with Gasteiger partial charge in [0.2, 0.25) is 41.4 Å². The van der Waals surface area contributed by atoms with Crippen LogP contribution in [0.4, 0.5) is 0 Å². The zero-order valence-corrected chi connectivity index (χ0v) is 40.0. The van der Waals surface area contributed by atoms with E-state index in [0.29, 0.717) is 36.8 Å². The van der Waals surface area contributed by atoms with Crippen molar-refractivity contribution in [2.24, 2.45) is 28.1 Å². The van der Waals surface area contributed by atoms with Crippen molar-refractivity contribution >= 4 is 64.5 Å². The number of aldehydes is 1. The largest absolute Gasteiger partial charge is 0.370 e. The van der Waals surface area contributed by atoms with Gasteiger partial charge in [-0.3, -0.25) is 38.6 Å². The molecule has 22 heteroatoms. The van der Waals surface area contributed by atoms with E-state index >= 15 is 0 Å². The molecule has 4 aromatic rings. The third kappa shape index (κ3) is 17.7. The number of nitrogens with two attached hydrogens (primary N) is 3. The Labute approximate surface area is 412 Å².